The molecular formula is C17H21N5O. The van der Waals surface area contributed by atoms with E-state index in [1.807, 2.05) is 30.3 Å². The summed E-state index contributed by atoms with van der Waals surface area (Å²) in [7, 11) is 0. The van der Waals surface area contributed by atoms with Crippen LogP contribution in [0.5, 0.6) is 0 Å². The fourth-order valence-electron chi connectivity index (χ4n) is 2.24. The van der Waals surface area contributed by atoms with E-state index in [0.29, 0.717) is 35.8 Å². The molecule has 0 saturated heterocycles. The first-order valence-corrected chi connectivity index (χ1v) is 7.82. The largest absolute Gasteiger partial charge is 0.308 e. The van der Waals surface area contributed by atoms with Gasteiger partial charge in [0.15, 0.2) is 5.82 Å². The topological polar surface area (TPSA) is 75.1 Å². The number of aromatic nitrogens is 4. The average Bonchev–Trinajstić information content (AvgIpc) is 2.98. The molecule has 0 bridgehead atoms. The summed E-state index contributed by atoms with van der Waals surface area (Å²) in [6.45, 7) is 6.99. The van der Waals surface area contributed by atoms with Gasteiger partial charge in [0.2, 0.25) is 0 Å². The van der Waals surface area contributed by atoms with E-state index in [4.69, 9.17) is 0 Å². The highest BCUT2D eigenvalue weighted by molar-refractivity contribution is 5.56. The minimum absolute atomic E-state index is 0.154. The van der Waals surface area contributed by atoms with Crippen LogP contribution in [0.1, 0.15) is 26.5 Å². The maximum absolute atomic E-state index is 12.2. The van der Waals surface area contributed by atoms with Crippen molar-refractivity contribution < 1.29 is 0 Å². The monoisotopic (exact) mass is 311 g/mol. The van der Waals surface area contributed by atoms with Crippen LogP contribution in [0.4, 0.5) is 0 Å². The molecule has 2 N–H and O–H groups in total. The van der Waals surface area contributed by atoms with Crippen molar-refractivity contribution in [2.45, 2.75) is 33.4 Å². The van der Waals surface area contributed by atoms with Gasteiger partial charge in [-0.15, -0.1) is 0 Å². The van der Waals surface area contributed by atoms with Crippen LogP contribution < -0.4 is 10.9 Å². The number of rotatable bonds is 5. The molecule has 1 aromatic carbocycles. The molecule has 6 heteroatoms. The van der Waals surface area contributed by atoms with E-state index in [2.05, 4.69) is 41.2 Å². The van der Waals surface area contributed by atoms with Crippen molar-refractivity contribution in [3.05, 3.63) is 52.4 Å². The SMILES string of the molecule is CC(C)C(C)NCc1cc(=O)n2[nH]c(-c3ccccc3)nc2n1. The first kappa shape index (κ1) is 15.4. The summed E-state index contributed by atoms with van der Waals surface area (Å²) < 4.78 is 1.37. The molecule has 1 atom stereocenters. The minimum atomic E-state index is -0.154. The third-order valence-corrected chi connectivity index (χ3v) is 4.04. The standard InChI is InChI=1S/C17H21N5O/c1-11(2)12(3)18-10-14-9-15(23)22-17(19-14)20-16(21-22)13-7-5-4-6-8-13/h4-9,11-12,18H,10H2,1-3H3,(H,19,20,21). The van der Waals surface area contributed by atoms with Crippen LogP contribution in [0.15, 0.2) is 41.2 Å². The third kappa shape index (κ3) is 3.32. The first-order valence-electron chi connectivity index (χ1n) is 7.82. The summed E-state index contributed by atoms with van der Waals surface area (Å²) >= 11 is 0. The number of hydrogen-bond donors (Lipinski definition) is 2. The van der Waals surface area contributed by atoms with E-state index < -0.39 is 0 Å². The summed E-state index contributed by atoms with van der Waals surface area (Å²) in [6, 6.07) is 11.6. The Morgan fingerprint density at radius 1 is 1.17 bits per heavy atom. The van der Waals surface area contributed by atoms with Gasteiger partial charge >= 0.3 is 0 Å². The van der Waals surface area contributed by atoms with Crippen LogP contribution in [0.3, 0.4) is 0 Å². The Morgan fingerprint density at radius 3 is 2.61 bits per heavy atom. The van der Waals surface area contributed by atoms with Crippen LogP contribution in [0.2, 0.25) is 0 Å². The number of nitrogens with zero attached hydrogens (tertiary/aromatic N) is 3. The Bertz CT molecular complexity index is 850. The lowest BCUT2D eigenvalue weighted by atomic mass is 10.1. The normalized spacial score (nSPS) is 12.9. The number of nitrogens with one attached hydrogen (secondary N) is 2. The number of hydrogen-bond acceptors (Lipinski definition) is 4. The van der Waals surface area contributed by atoms with Gasteiger partial charge in [-0.3, -0.25) is 9.89 Å². The molecule has 1 unspecified atom stereocenters. The summed E-state index contributed by atoms with van der Waals surface area (Å²) in [5.41, 5.74) is 1.47. The molecule has 120 valence electrons. The van der Waals surface area contributed by atoms with Crippen molar-refractivity contribution in [3.8, 4) is 11.4 Å². The summed E-state index contributed by atoms with van der Waals surface area (Å²) in [4.78, 5) is 21.2. The van der Waals surface area contributed by atoms with E-state index in [1.54, 1.807) is 6.07 Å². The second kappa shape index (κ2) is 6.34. The Morgan fingerprint density at radius 2 is 1.91 bits per heavy atom. The molecule has 2 heterocycles. The molecular weight excluding hydrogens is 290 g/mol. The maximum Gasteiger partial charge on any atom is 0.274 e. The number of fused-ring (bicyclic) bond motifs is 1. The van der Waals surface area contributed by atoms with Gasteiger partial charge in [-0.05, 0) is 12.8 Å². The van der Waals surface area contributed by atoms with Gasteiger partial charge in [-0.25, -0.2) is 4.98 Å². The van der Waals surface area contributed by atoms with Crippen LogP contribution in [-0.4, -0.2) is 25.6 Å². The second-order valence-corrected chi connectivity index (χ2v) is 6.07. The zero-order valence-corrected chi connectivity index (χ0v) is 13.6. The molecule has 0 spiro atoms. The lowest BCUT2D eigenvalue weighted by molar-refractivity contribution is 0.424. The number of aromatic amines is 1. The minimum Gasteiger partial charge on any atom is -0.308 e. The molecule has 0 radical (unpaired) electrons. The summed E-state index contributed by atoms with van der Waals surface area (Å²) in [5.74, 6) is 1.55. The molecule has 2 aromatic heterocycles. The highest BCUT2D eigenvalue weighted by atomic mass is 16.1. The third-order valence-electron chi connectivity index (χ3n) is 4.04. The zero-order chi connectivity index (χ0) is 16.4. The molecule has 0 saturated carbocycles. The van der Waals surface area contributed by atoms with Gasteiger partial charge in [0.25, 0.3) is 11.3 Å². The van der Waals surface area contributed by atoms with E-state index in [0.717, 1.165) is 5.56 Å². The van der Waals surface area contributed by atoms with Crippen molar-refractivity contribution in [2.24, 2.45) is 5.92 Å². The van der Waals surface area contributed by atoms with Gasteiger partial charge in [-0.2, -0.15) is 9.50 Å². The van der Waals surface area contributed by atoms with Gasteiger partial charge in [0.05, 0.1) is 5.69 Å². The smallest absolute Gasteiger partial charge is 0.274 e. The molecule has 6 nitrogen and oxygen atoms in total. The predicted molar refractivity (Wildman–Crippen MR) is 90.2 cm³/mol. The van der Waals surface area contributed by atoms with Crippen LogP contribution in [-0.2, 0) is 6.54 Å². The predicted octanol–water partition coefficient (Wildman–Crippen LogP) is 2.22. The van der Waals surface area contributed by atoms with Gasteiger partial charge < -0.3 is 5.32 Å². The van der Waals surface area contributed by atoms with Crippen molar-refractivity contribution in [3.63, 3.8) is 0 Å². The fraction of sp³-hybridized carbons (Fsp3) is 0.353. The van der Waals surface area contributed by atoms with E-state index in [-0.39, 0.29) is 5.56 Å². The molecule has 0 amide bonds. The highest BCUT2D eigenvalue weighted by Crippen LogP contribution is 2.14. The van der Waals surface area contributed by atoms with E-state index in [1.165, 1.54) is 4.52 Å². The Balaban J connectivity index is 1.91. The molecule has 23 heavy (non-hydrogen) atoms. The van der Waals surface area contributed by atoms with Crippen LogP contribution >= 0.6 is 0 Å². The van der Waals surface area contributed by atoms with Crippen LogP contribution in [0, 0.1) is 5.92 Å². The summed E-state index contributed by atoms with van der Waals surface area (Å²) in [6.07, 6.45) is 0. The van der Waals surface area contributed by atoms with Crippen molar-refractivity contribution in [2.75, 3.05) is 0 Å². The first-order chi connectivity index (χ1) is 11.0. The van der Waals surface area contributed by atoms with E-state index >= 15 is 0 Å². The molecule has 0 aliphatic rings. The van der Waals surface area contributed by atoms with E-state index in [9.17, 15) is 4.79 Å². The van der Waals surface area contributed by atoms with Crippen molar-refractivity contribution in [1.29, 1.82) is 0 Å². The molecule has 3 aromatic rings. The Labute approximate surface area is 134 Å². The number of H-pyrrole nitrogens is 1. The highest BCUT2D eigenvalue weighted by Gasteiger charge is 2.11. The maximum atomic E-state index is 12.2. The van der Waals surface area contributed by atoms with Crippen LogP contribution in [0.25, 0.3) is 17.2 Å². The van der Waals surface area contributed by atoms with Gasteiger partial charge in [0.1, 0.15) is 0 Å². The van der Waals surface area contributed by atoms with Crippen molar-refractivity contribution in [1.82, 2.24) is 24.9 Å². The lowest BCUT2D eigenvalue weighted by Crippen LogP contribution is -2.31. The van der Waals surface area contributed by atoms with Crippen molar-refractivity contribution >= 4 is 5.78 Å². The Kier molecular flexibility index (Phi) is 4.25. The molecule has 0 aliphatic heterocycles. The number of benzene rings is 1. The zero-order valence-electron chi connectivity index (χ0n) is 13.6. The fourth-order valence-corrected chi connectivity index (χ4v) is 2.24. The van der Waals surface area contributed by atoms with Gasteiger partial charge in [-0.1, -0.05) is 44.2 Å². The Hall–Kier alpha value is -2.47. The lowest BCUT2D eigenvalue weighted by Gasteiger charge is -2.16. The molecule has 3 rings (SSSR count). The van der Waals surface area contributed by atoms with Gasteiger partial charge in [0, 0.05) is 24.2 Å². The quantitative estimate of drug-likeness (QED) is 0.757. The average molecular weight is 311 g/mol. The summed E-state index contributed by atoms with van der Waals surface area (Å²) in [5, 5.41) is 6.38. The second-order valence-electron chi connectivity index (χ2n) is 6.07. The molecule has 0 aliphatic carbocycles. The molecule has 0 fully saturated rings.